The first-order valence-electron chi connectivity index (χ1n) is 9.02. The summed E-state index contributed by atoms with van der Waals surface area (Å²) in [6.45, 7) is 6.06. The molecule has 0 bridgehead atoms. The van der Waals surface area contributed by atoms with Crippen molar-refractivity contribution >= 4 is 22.6 Å². The number of hydrogen-bond donors (Lipinski definition) is 1. The van der Waals surface area contributed by atoms with E-state index in [4.69, 9.17) is 0 Å². The van der Waals surface area contributed by atoms with E-state index in [9.17, 15) is 4.79 Å². The summed E-state index contributed by atoms with van der Waals surface area (Å²) in [6.07, 6.45) is 7.66. The van der Waals surface area contributed by atoms with Gasteiger partial charge in [-0.25, -0.2) is 9.67 Å². The number of fused-ring (bicyclic) bond motifs is 1. The Labute approximate surface area is 143 Å². The molecule has 6 heteroatoms. The summed E-state index contributed by atoms with van der Waals surface area (Å²) in [5.74, 6) is -0.0778. The summed E-state index contributed by atoms with van der Waals surface area (Å²) in [5.41, 5.74) is 2.27. The molecule has 0 unspecified atom stereocenters. The van der Waals surface area contributed by atoms with E-state index >= 15 is 0 Å². The Kier molecular flexibility index (Phi) is 5.02. The van der Waals surface area contributed by atoms with Gasteiger partial charge < -0.3 is 10.2 Å². The Morgan fingerprint density at radius 3 is 2.67 bits per heavy atom. The minimum absolute atomic E-state index is 0.0778. The zero-order chi connectivity index (χ0) is 17.1. The normalized spacial score (nSPS) is 15.6. The molecule has 1 amide bonds. The molecule has 0 aliphatic heterocycles. The fourth-order valence-electron chi connectivity index (χ4n) is 3.56. The quantitative estimate of drug-likeness (QED) is 0.916. The SMILES string of the molecule is CCN(CC)c1cnc2c(c1)c(C(=O)NC1CCCCC1)nn2C. The van der Waals surface area contributed by atoms with Crippen molar-refractivity contribution in [2.45, 2.75) is 52.0 Å². The first-order valence-corrected chi connectivity index (χ1v) is 9.02. The Balaban J connectivity index is 1.91. The molecule has 1 N–H and O–H groups in total. The Bertz CT molecular complexity index is 714. The second kappa shape index (κ2) is 7.20. The number of aromatic nitrogens is 3. The zero-order valence-electron chi connectivity index (χ0n) is 14.9. The van der Waals surface area contributed by atoms with Gasteiger partial charge in [0.05, 0.1) is 17.3 Å². The van der Waals surface area contributed by atoms with Crippen LogP contribution in [0.4, 0.5) is 5.69 Å². The van der Waals surface area contributed by atoms with Crippen LogP contribution in [-0.4, -0.2) is 39.8 Å². The number of anilines is 1. The van der Waals surface area contributed by atoms with Gasteiger partial charge in [0, 0.05) is 26.2 Å². The van der Waals surface area contributed by atoms with Gasteiger partial charge in [0.2, 0.25) is 0 Å². The average molecular weight is 329 g/mol. The molecule has 6 nitrogen and oxygen atoms in total. The highest BCUT2D eigenvalue weighted by molar-refractivity contribution is 6.04. The van der Waals surface area contributed by atoms with Gasteiger partial charge in [0.1, 0.15) is 0 Å². The van der Waals surface area contributed by atoms with Crippen LogP contribution in [0.5, 0.6) is 0 Å². The highest BCUT2D eigenvalue weighted by Crippen LogP contribution is 2.23. The van der Waals surface area contributed by atoms with Crippen LogP contribution < -0.4 is 10.2 Å². The van der Waals surface area contributed by atoms with Crippen molar-refractivity contribution in [3.05, 3.63) is 18.0 Å². The molecule has 0 radical (unpaired) electrons. The molecule has 0 spiro atoms. The Morgan fingerprint density at radius 2 is 2.00 bits per heavy atom. The lowest BCUT2D eigenvalue weighted by atomic mass is 9.95. The summed E-state index contributed by atoms with van der Waals surface area (Å²) in [6, 6.07) is 2.32. The van der Waals surface area contributed by atoms with Crippen LogP contribution in [0.3, 0.4) is 0 Å². The summed E-state index contributed by atoms with van der Waals surface area (Å²) in [4.78, 5) is 19.5. The van der Waals surface area contributed by atoms with E-state index in [1.807, 2.05) is 19.3 Å². The number of hydrogen-bond acceptors (Lipinski definition) is 4. The van der Waals surface area contributed by atoms with Crippen molar-refractivity contribution in [2.24, 2.45) is 7.05 Å². The summed E-state index contributed by atoms with van der Waals surface area (Å²) in [5, 5.41) is 8.42. The molecule has 130 valence electrons. The zero-order valence-corrected chi connectivity index (χ0v) is 14.9. The summed E-state index contributed by atoms with van der Waals surface area (Å²) < 4.78 is 1.69. The van der Waals surface area contributed by atoms with Crippen molar-refractivity contribution in [1.29, 1.82) is 0 Å². The van der Waals surface area contributed by atoms with Crippen LogP contribution in [0.2, 0.25) is 0 Å². The number of carbonyl (C=O) groups excluding carboxylic acids is 1. The van der Waals surface area contributed by atoms with E-state index in [2.05, 4.69) is 34.1 Å². The third-order valence-electron chi connectivity index (χ3n) is 4.95. The fourth-order valence-corrected chi connectivity index (χ4v) is 3.56. The van der Waals surface area contributed by atoms with E-state index in [0.29, 0.717) is 5.69 Å². The monoisotopic (exact) mass is 329 g/mol. The smallest absolute Gasteiger partial charge is 0.272 e. The second-order valence-electron chi connectivity index (χ2n) is 6.52. The lowest BCUT2D eigenvalue weighted by Gasteiger charge is -2.22. The second-order valence-corrected chi connectivity index (χ2v) is 6.52. The van der Waals surface area contributed by atoms with E-state index in [1.165, 1.54) is 19.3 Å². The number of aryl methyl sites for hydroxylation is 1. The average Bonchev–Trinajstić information content (AvgIpc) is 2.93. The van der Waals surface area contributed by atoms with E-state index in [-0.39, 0.29) is 11.9 Å². The third-order valence-corrected chi connectivity index (χ3v) is 4.95. The third kappa shape index (κ3) is 3.23. The van der Waals surface area contributed by atoms with Crippen LogP contribution in [0, 0.1) is 0 Å². The number of nitrogens with one attached hydrogen (secondary N) is 1. The van der Waals surface area contributed by atoms with Gasteiger partial charge in [-0.15, -0.1) is 0 Å². The number of carbonyl (C=O) groups is 1. The molecular weight excluding hydrogens is 302 g/mol. The Morgan fingerprint density at radius 1 is 1.29 bits per heavy atom. The molecule has 1 saturated carbocycles. The molecule has 1 aliphatic rings. The largest absolute Gasteiger partial charge is 0.371 e. The van der Waals surface area contributed by atoms with E-state index in [1.54, 1.807) is 4.68 Å². The van der Waals surface area contributed by atoms with Gasteiger partial charge in [0.15, 0.2) is 11.3 Å². The van der Waals surface area contributed by atoms with Crippen LogP contribution in [-0.2, 0) is 7.05 Å². The molecule has 0 atom stereocenters. The number of amides is 1. The van der Waals surface area contributed by atoms with Gasteiger partial charge in [0.25, 0.3) is 5.91 Å². The molecule has 1 fully saturated rings. The molecule has 1 aliphatic carbocycles. The number of nitrogens with zero attached hydrogens (tertiary/aromatic N) is 4. The van der Waals surface area contributed by atoms with Crippen LogP contribution >= 0.6 is 0 Å². The minimum atomic E-state index is -0.0778. The fraction of sp³-hybridized carbons (Fsp3) is 0.611. The van der Waals surface area contributed by atoms with Gasteiger partial charge in [-0.05, 0) is 32.8 Å². The predicted octanol–water partition coefficient (Wildman–Crippen LogP) is 2.88. The maximum atomic E-state index is 12.7. The summed E-state index contributed by atoms with van der Waals surface area (Å²) >= 11 is 0. The maximum absolute atomic E-state index is 12.7. The van der Waals surface area contributed by atoms with Crippen molar-refractivity contribution in [2.75, 3.05) is 18.0 Å². The molecule has 2 heterocycles. The van der Waals surface area contributed by atoms with Crippen molar-refractivity contribution in [3.8, 4) is 0 Å². The molecule has 0 aromatic carbocycles. The van der Waals surface area contributed by atoms with Crippen LogP contribution in [0.1, 0.15) is 56.4 Å². The van der Waals surface area contributed by atoms with Gasteiger partial charge in [-0.2, -0.15) is 5.10 Å². The molecule has 2 aromatic heterocycles. The van der Waals surface area contributed by atoms with Crippen LogP contribution in [0.15, 0.2) is 12.3 Å². The lowest BCUT2D eigenvalue weighted by molar-refractivity contribution is 0.0923. The van der Waals surface area contributed by atoms with E-state index < -0.39 is 0 Å². The van der Waals surface area contributed by atoms with Crippen molar-refractivity contribution < 1.29 is 4.79 Å². The molecule has 2 aromatic rings. The van der Waals surface area contributed by atoms with Gasteiger partial charge in [-0.3, -0.25) is 4.79 Å². The molecule has 0 saturated heterocycles. The van der Waals surface area contributed by atoms with Crippen molar-refractivity contribution in [1.82, 2.24) is 20.1 Å². The van der Waals surface area contributed by atoms with Gasteiger partial charge in [-0.1, -0.05) is 19.3 Å². The number of rotatable bonds is 5. The Hall–Kier alpha value is -2.11. The van der Waals surface area contributed by atoms with Crippen molar-refractivity contribution in [3.63, 3.8) is 0 Å². The maximum Gasteiger partial charge on any atom is 0.272 e. The highest BCUT2D eigenvalue weighted by Gasteiger charge is 2.22. The first kappa shape index (κ1) is 16.7. The number of pyridine rings is 1. The standard InChI is InChI=1S/C18H27N5O/c1-4-23(5-2)14-11-15-16(21-22(3)17(15)19-12-14)18(24)20-13-9-7-6-8-10-13/h11-13H,4-10H2,1-3H3,(H,20,24). The topological polar surface area (TPSA) is 63.1 Å². The minimum Gasteiger partial charge on any atom is -0.371 e. The van der Waals surface area contributed by atoms with Gasteiger partial charge >= 0.3 is 0 Å². The molecular formula is C18H27N5O. The lowest BCUT2D eigenvalue weighted by Crippen LogP contribution is -2.36. The van der Waals surface area contributed by atoms with Crippen LogP contribution in [0.25, 0.3) is 11.0 Å². The van der Waals surface area contributed by atoms with E-state index in [0.717, 1.165) is 42.7 Å². The summed E-state index contributed by atoms with van der Waals surface area (Å²) in [7, 11) is 1.84. The molecule has 24 heavy (non-hydrogen) atoms. The highest BCUT2D eigenvalue weighted by atomic mass is 16.2. The first-order chi connectivity index (χ1) is 11.6. The predicted molar refractivity (Wildman–Crippen MR) is 96.4 cm³/mol. The molecule has 3 rings (SSSR count).